The zero-order valence-corrected chi connectivity index (χ0v) is 15.7. The summed E-state index contributed by atoms with van der Waals surface area (Å²) in [4.78, 5) is 8.26. The molecular weight excluding hydrogens is 320 g/mol. The summed E-state index contributed by atoms with van der Waals surface area (Å²) in [5.74, 6) is 0. The molecule has 24 heavy (non-hydrogen) atoms. The maximum atomic E-state index is 6.05. The van der Waals surface area contributed by atoms with E-state index < -0.39 is 0 Å². The minimum atomic E-state index is 0.334. The minimum absolute atomic E-state index is 0.334. The third-order valence-electron chi connectivity index (χ3n) is 5.87. The van der Waals surface area contributed by atoms with E-state index in [0.29, 0.717) is 5.41 Å². The lowest BCUT2D eigenvalue weighted by molar-refractivity contribution is 0.0285. The summed E-state index contributed by atoms with van der Waals surface area (Å²) in [7, 11) is 0. The van der Waals surface area contributed by atoms with Gasteiger partial charge < -0.3 is 9.47 Å². The molecule has 5 heteroatoms. The molecule has 1 aromatic rings. The third kappa shape index (κ3) is 3.86. The molecule has 3 aliphatic rings. The van der Waals surface area contributed by atoms with Gasteiger partial charge in [0.15, 0.2) is 0 Å². The van der Waals surface area contributed by atoms with E-state index in [1.54, 1.807) is 0 Å². The fourth-order valence-electron chi connectivity index (χ4n) is 4.59. The number of aryl methyl sites for hydroxylation is 1. The summed E-state index contributed by atoms with van der Waals surface area (Å²) in [6.45, 7) is 11.7. The molecule has 1 spiro atoms. The van der Waals surface area contributed by atoms with Crippen LogP contribution in [0.3, 0.4) is 0 Å². The highest BCUT2D eigenvalue weighted by Crippen LogP contribution is 2.36. The van der Waals surface area contributed by atoms with Gasteiger partial charge in [-0.25, -0.2) is 0 Å². The van der Waals surface area contributed by atoms with E-state index in [4.69, 9.17) is 9.47 Å². The van der Waals surface area contributed by atoms with Crippen LogP contribution in [0.1, 0.15) is 29.0 Å². The van der Waals surface area contributed by atoms with Gasteiger partial charge in [0.1, 0.15) is 0 Å². The van der Waals surface area contributed by atoms with Gasteiger partial charge >= 0.3 is 0 Å². The number of nitrogens with zero attached hydrogens (tertiary/aromatic N) is 2. The molecule has 1 aromatic heterocycles. The maximum absolute atomic E-state index is 6.05. The summed E-state index contributed by atoms with van der Waals surface area (Å²) in [5, 5.41) is 0. The third-order valence-corrected chi connectivity index (χ3v) is 6.86. The van der Waals surface area contributed by atoms with E-state index >= 15 is 0 Å². The molecule has 3 saturated heterocycles. The van der Waals surface area contributed by atoms with E-state index in [9.17, 15) is 0 Å². The van der Waals surface area contributed by atoms with Gasteiger partial charge in [-0.3, -0.25) is 9.80 Å². The molecule has 3 aliphatic heterocycles. The van der Waals surface area contributed by atoms with E-state index in [2.05, 4.69) is 28.9 Å². The fourth-order valence-corrected chi connectivity index (χ4v) is 5.52. The molecule has 134 valence electrons. The molecule has 4 heterocycles. The number of ether oxygens (including phenoxy) is 2. The second kappa shape index (κ2) is 7.42. The standard InChI is InChI=1S/C19H30N2O2S/c1-16-2-3-18(24-16)12-20-8-11-23-15-19(13-20)6-7-21(14-19)17-4-9-22-10-5-17/h2-3,17H,4-15H2,1H3/t19-/m0/s1. The van der Waals surface area contributed by atoms with Gasteiger partial charge in [-0.1, -0.05) is 0 Å². The Morgan fingerprint density at radius 2 is 2.00 bits per heavy atom. The molecule has 0 bridgehead atoms. The molecule has 4 nitrogen and oxygen atoms in total. The van der Waals surface area contributed by atoms with E-state index in [1.807, 2.05) is 11.3 Å². The van der Waals surface area contributed by atoms with Crippen LogP contribution in [-0.4, -0.2) is 68.4 Å². The van der Waals surface area contributed by atoms with Crippen molar-refractivity contribution in [1.82, 2.24) is 9.80 Å². The number of rotatable bonds is 3. The lowest BCUT2D eigenvalue weighted by atomic mass is 9.87. The Hall–Kier alpha value is -0.460. The highest BCUT2D eigenvalue weighted by atomic mass is 32.1. The molecule has 1 atom stereocenters. The van der Waals surface area contributed by atoms with Gasteiger partial charge in [0.05, 0.1) is 13.2 Å². The zero-order chi connectivity index (χ0) is 16.4. The molecule has 0 N–H and O–H groups in total. The van der Waals surface area contributed by atoms with E-state index in [0.717, 1.165) is 45.6 Å². The van der Waals surface area contributed by atoms with Gasteiger partial charge in [-0.2, -0.15) is 0 Å². The van der Waals surface area contributed by atoms with Crippen molar-refractivity contribution < 1.29 is 9.47 Å². The van der Waals surface area contributed by atoms with Crippen molar-refractivity contribution in [2.75, 3.05) is 52.6 Å². The summed E-state index contributed by atoms with van der Waals surface area (Å²) < 4.78 is 11.6. The van der Waals surface area contributed by atoms with Gasteiger partial charge in [0, 0.05) is 60.6 Å². The summed E-state index contributed by atoms with van der Waals surface area (Å²) in [6.07, 6.45) is 3.69. The van der Waals surface area contributed by atoms with Crippen LogP contribution in [0, 0.1) is 12.3 Å². The second-order valence-electron chi connectivity index (χ2n) is 7.84. The first-order valence-corrected chi connectivity index (χ1v) is 10.2. The monoisotopic (exact) mass is 350 g/mol. The first-order chi connectivity index (χ1) is 11.7. The van der Waals surface area contributed by atoms with Crippen LogP contribution in [-0.2, 0) is 16.0 Å². The first-order valence-electron chi connectivity index (χ1n) is 9.40. The summed E-state index contributed by atoms with van der Waals surface area (Å²) in [5.41, 5.74) is 0.334. The predicted octanol–water partition coefficient (Wildman–Crippen LogP) is 2.76. The number of hydrogen-bond donors (Lipinski definition) is 0. The summed E-state index contributed by atoms with van der Waals surface area (Å²) >= 11 is 1.94. The molecule has 0 radical (unpaired) electrons. The van der Waals surface area contributed by atoms with Gasteiger partial charge in [0.25, 0.3) is 0 Å². The fraction of sp³-hybridized carbons (Fsp3) is 0.789. The van der Waals surface area contributed by atoms with E-state index in [1.165, 1.54) is 48.7 Å². The van der Waals surface area contributed by atoms with Crippen LogP contribution in [0.2, 0.25) is 0 Å². The van der Waals surface area contributed by atoms with Crippen molar-refractivity contribution in [1.29, 1.82) is 0 Å². The number of likely N-dealkylation sites (tertiary alicyclic amines) is 1. The Morgan fingerprint density at radius 1 is 1.12 bits per heavy atom. The topological polar surface area (TPSA) is 24.9 Å². The van der Waals surface area contributed by atoms with Crippen molar-refractivity contribution in [3.8, 4) is 0 Å². The second-order valence-corrected chi connectivity index (χ2v) is 9.21. The molecule has 0 saturated carbocycles. The lowest BCUT2D eigenvalue weighted by Gasteiger charge is -2.35. The maximum Gasteiger partial charge on any atom is 0.0593 e. The van der Waals surface area contributed by atoms with Crippen LogP contribution in [0.25, 0.3) is 0 Å². The van der Waals surface area contributed by atoms with Gasteiger partial charge in [0.2, 0.25) is 0 Å². The SMILES string of the molecule is Cc1ccc(CN2CCOC[C@@]3(CCN(C4CCOCC4)C3)C2)s1. The largest absolute Gasteiger partial charge is 0.381 e. The van der Waals surface area contributed by atoms with Crippen molar-refractivity contribution in [2.45, 2.75) is 38.8 Å². The summed E-state index contributed by atoms with van der Waals surface area (Å²) in [6, 6.07) is 5.27. The highest BCUT2D eigenvalue weighted by molar-refractivity contribution is 7.11. The Bertz CT molecular complexity index is 543. The molecule has 0 aliphatic carbocycles. The number of thiophene rings is 1. The molecule has 3 fully saturated rings. The van der Waals surface area contributed by atoms with Crippen LogP contribution < -0.4 is 0 Å². The zero-order valence-electron chi connectivity index (χ0n) is 14.8. The average molecular weight is 351 g/mol. The lowest BCUT2D eigenvalue weighted by Crippen LogP contribution is -2.43. The van der Waals surface area contributed by atoms with E-state index in [-0.39, 0.29) is 0 Å². The smallest absolute Gasteiger partial charge is 0.0593 e. The normalized spacial score (nSPS) is 30.9. The Balaban J connectivity index is 1.40. The van der Waals surface area contributed by atoms with Crippen LogP contribution in [0.15, 0.2) is 12.1 Å². The van der Waals surface area contributed by atoms with Crippen molar-refractivity contribution in [2.24, 2.45) is 5.41 Å². The van der Waals surface area contributed by atoms with Crippen molar-refractivity contribution >= 4 is 11.3 Å². The Labute approximate surface area is 149 Å². The van der Waals surface area contributed by atoms with Gasteiger partial charge in [-0.15, -0.1) is 11.3 Å². The molecule has 0 unspecified atom stereocenters. The van der Waals surface area contributed by atoms with Crippen LogP contribution in [0.5, 0.6) is 0 Å². The average Bonchev–Trinajstić information content (AvgIpc) is 3.13. The quantitative estimate of drug-likeness (QED) is 0.837. The highest BCUT2D eigenvalue weighted by Gasteiger charge is 2.43. The Kier molecular flexibility index (Phi) is 5.25. The first kappa shape index (κ1) is 17.0. The van der Waals surface area contributed by atoms with Crippen LogP contribution in [0.4, 0.5) is 0 Å². The van der Waals surface area contributed by atoms with Gasteiger partial charge in [-0.05, 0) is 44.9 Å². The molecule has 4 rings (SSSR count). The predicted molar refractivity (Wildman–Crippen MR) is 97.6 cm³/mol. The Morgan fingerprint density at radius 3 is 2.79 bits per heavy atom. The molecular formula is C19H30N2O2S. The van der Waals surface area contributed by atoms with Crippen molar-refractivity contribution in [3.05, 3.63) is 21.9 Å². The van der Waals surface area contributed by atoms with Crippen LogP contribution >= 0.6 is 11.3 Å². The minimum Gasteiger partial charge on any atom is -0.381 e. The molecule has 0 amide bonds. The number of hydrogen-bond acceptors (Lipinski definition) is 5. The van der Waals surface area contributed by atoms with Crippen molar-refractivity contribution in [3.63, 3.8) is 0 Å². The molecule has 0 aromatic carbocycles.